The zero-order valence-electron chi connectivity index (χ0n) is 13.0. The average molecular weight is 353 g/mol. The molecule has 0 heterocycles. The SMILES string of the molecule is Cc1ccccc1NS(=O)(=O)c1cc(C(=O)N(C)C)ccc1Cl. The molecular weight excluding hydrogens is 336 g/mol. The van der Waals surface area contributed by atoms with E-state index in [-0.39, 0.29) is 21.4 Å². The fourth-order valence-electron chi connectivity index (χ4n) is 1.99. The average Bonchev–Trinajstić information content (AvgIpc) is 2.49. The Labute approximate surface area is 140 Å². The summed E-state index contributed by atoms with van der Waals surface area (Å²) >= 11 is 6.03. The summed E-state index contributed by atoms with van der Waals surface area (Å²) in [4.78, 5) is 13.3. The second-order valence-electron chi connectivity index (χ2n) is 5.27. The summed E-state index contributed by atoms with van der Waals surface area (Å²) in [6, 6.07) is 11.2. The highest BCUT2D eigenvalue weighted by Crippen LogP contribution is 2.26. The largest absolute Gasteiger partial charge is 0.345 e. The minimum Gasteiger partial charge on any atom is -0.345 e. The summed E-state index contributed by atoms with van der Waals surface area (Å²) < 4.78 is 27.7. The van der Waals surface area contributed by atoms with Crippen LogP contribution in [0, 0.1) is 6.92 Å². The molecule has 5 nitrogen and oxygen atoms in total. The molecule has 0 saturated heterocycles. The highest BCUT2D eigenvalue weighted by Gasteiger charge is 2.21. The quantitative estimate of drug-likeness (QED) is 0.919. The molecule has 23 heavy (non-hydrogen) atoms. The number of aryl methyl sites for hydroxylation is 1. The number of anilines is 1. The highest BCUT2D eigenvalue weighted by molar-refractivity contribution is 7.92. The van der Waals surface area contributed by atoms with Gasteiger partial charge in [-0.15, -0.1) is 0 Å². The Balaban J connectivity index is 2.45. The number of amides is 1. The normalized spacial score (nSPS) is 11.1. The molecule has 2 aromatic rings. The first-order chi connectivity index (χ1) is 10.7. The van der Waals surface area contributed by atoms with Crippen LogP contribution in [0.25, 0.3) is 0 Å². The van der Waals surface area contributed by atoms with Crippen molar-refractivity contribution in [3.05, 3.63) is 58.6 Å². The van der Waals surface area contributed by atoms with Crippen molar-refractivity contribution >= 4 is 33.2 Å². The zero-order valence-corrected chi connectivity index (χ0v) is 14.6. The van der Waals surface area contributed by atoms with Crippen molar-refractivity contribution in [3.8, 4) is 0 Å². The minimum absolute atomic E-state index is 0.0568. The maximum atomic E-state index is 12.6. The Morgan fingerprint density at radius 1 is 1.13 bits per heavy atom. The molecular formula is C16H17ClN2O3S. The van der Waals surface area contributed by atoms with Crippen LogP contribution in [0.2, 0.25) is 5.02 Å². The predicted octanol–water partition coefficient (Wildman–Crippen LogP) is 3.15. The number of nitrogens with one attached hydrogen (secondary N) is 1. The lowest BCUT2D eigenvalue weighted by atomic mass is 10.2. The molecule has 0 aliphatic carbocycles. The van der Waals surface area contributed by atoms with E-state index in [0.717, 1.165) is 5.56 Å². The number of rotatable bonds is 4. The van der Waals surface area contributed by atoms with E-state index in [9.17, 15) is 13.2 Å². The second-order valence-corrected chi connectivity index (χ2v) is 7.32. The van der Waals surface area contributed by atoms with Gasteiger partial charge in [0, 0.05) is 19.7 Å². The molecule has 0 aromatic heterocycles. The maximum Gasteiger partial charge on any atom is 0.263 e. The molecule has 0 bridgehead atoms. The maximum absolute atomic E-state index is 12.6. The van der Waals surface area contributed by atoms with Gasteiger partial charge in [-0.1, -0.05) is 29.8 Å². The molecule has 122 valence electrons. The Kier molecular flexibility index (Phi) is 4.97. The van der Waals surface area contributed by atoms with Crippen LogP contribution < -0.4 is 4.72 Å². The van der Waals surface area contributed by atoms with Gasteiger partial charge in [0.1, 0.15) is 4.90 Å². The summed E-state index contributed by atoms with van der Waals surface area (Å²) in [6.07, 6.45) is 0. The van der Waals surface area contributed by atoms with Gasteiger partial charge in [-0.05, 0) is 36.8 Å². The number of carbonyl (C=O) groups excluding carboxylic acids is 1. The van der Waals surface area contributed by atoms with E-state index in [1.54, 1.807) is 39.2 Å². The van der Waals surface area contributed by atoms with E-state index >= 15 is 0 Å². The summed E-state index contributed by atoms with van der Waals surface area (Å²) in [6.45, 7) is 1.80. The van der Waals surface area contributed by atoms with Crippen molar-refractivity contribution < 1.29 is 13.2 Å². The summed E-state index contributed by atoms with van der Waals surface area (Å²) in [5.41, 5.74) is 1.50. The molecule has 0 spiro atoms. The van der Waals surface area contributed by atoms with Gasteiger partial charge in [-0.3, -0.25) is 9.52 Å². The van der Waals surface area contributed by atoms with E-state index in [1.165, 1.54) is 23.1 Å². The molecule has 1 amide bonds. The zero-order chi connectivity index (χ0) is 17.2. The van der Waals surface area contributed by atoms with Crippen LogP contribution in [0.15, 0.2) is 47.4 Å². The minimum atomic E-state index is -3.90. The predicted molar refractivity (Wildman–Crippen MR) is 91.5 cm³/mol. The topological polar surface area (TPSA) is 66.5 Å². The fourth-order valence-corrected chi connectivity index (χ4v) is 3.65. The number of nitrogens with zero attached hydrogens (tertiary/aromatic N) is 1. The Morgan fingerprint density at radius 2 is 1.78 bits per heavy atom. The van der Waals surface area contributed by atoms with Gasteiger partial charge < -0.3 is 4.90 Å². The van der Waals surface area contributed by atoms with Crippen molar-refractivity contribution in [1.29, 1.82) is 0 Å². The molecule has 0 atom stereocenters. The van der Waals surface area contributed by atoms with Crippen molar-refractivity contribution in [2.45, 2.75) is 11.8 Å². The van der Waals surface area contributed by atoms with Crippen LogP contribution in [0.1, 0.15) is 15.9 Å². The molecule has 0 aliphatic rings. The first-order valence-electron chi connectivity index (χ1n) is 6.82. The summed E-state index contributed by atoms with van der Waals surface area (Å²) in [5, 5.41) is 0.0568. The number of para-hydroxylation sites is 1. The summed E-state index contributed by atoms with van der Waals surface area (Å²) in [5.74, 6) is -0.297. The van der Waals surface area contributed by atoms with Crippen LogP contribution in [0.5, 0.6) is 0 Å². The van der Waals surface area contributed by atoms with Crippen LogP contribution in [-0.2, 0) is 10.0 Å². The molecule has 0 radical (unpaired) electrons. The van der Waals surface area contributed by atoms with Crippen molar-refractivity contribution in [2.24, 2.45) is 0 Å². The van der Waals surface area contributed by atoms with Crippen LogP contribution >= 0.6 is 11.6 Å². The number of sulfonamides is 1. The lowest BCUT2D eigenvalue weighted by Gasteiger charge is -2.14. The monoisotopic (exact) mass is 352 g/mol. The van der Waals surface area contributed by atoms with E-state index in [0.29, 0.717) is 5.69 Å². The van der Waals surface area contributed by atoms with Crippen LogP contribution in [0.3, 0.4) is 0 Å². The molecule has 0 fully saturated rings. The first-order valence-corrected chi connectivity index (χ1v) is 8.68. The van der Waals surface area contributed by atoms with Gasteiger partial charge in [-0.2, -0.15) is 0 Å². The van der Waals surface area contributed by atoms with Crippen LogP contribution in [0.4, 0.5) is 5.69 Å². The number of hydrogen-bond donors (Lipinski definition) is 1. The van der Waals surface area contributed by atoms with Crippen molar-refractivity contribution in [2.75, 3.05) is 18.8 Å². The van der Waals surface area contributed by atoms with Gasteiger partial charge in [0.15, 0.2) is 0 Å². The second kappa shape index (κ2) is 6.60. The molecule has 2 aromatic carbocycles. The van der Waals surface area contributed by atoms with Gasteiger partial charge in [0.25, 0.3) is 15.9 Å². The number of benzene rings is 2. The number of halogens is 1. The van der Waals surface area contributed by atoms with Gasteiger partial charge in [0.2, 0.25) is 0 Å². The fraction of sp³-hybridized carbons (Fsp3) is 0.188. The standard InChI is InChI=1S/C16H17ClN2O3S/c1-11-6-4-5-7-14(11)18-23(21,22)15-10-12(8-9-13(15)17)16(20)19(2)3/h4-10,18H,1-3H3. The molecule has 0 aliphatic heterocycles. The summed E-state index contributed by atoms with van der Waals surface area (Å²) in [7, 11) is -0.713. The van der Waals surface area contributed by atoms with E-state index in [4.69, 9.17) is 11.6 Å². The number of carbonyl (C=O) groups is 1. The highest BCUT2D eigenvalue weighted by atomic mass is 35.5. The molecule has 0 unspecified atom stereocenters. The number of hydrogen-bond acceptors (Lipinski definition) is 3. The lowest BCUT2D eigenvalue weighted by Crippen LogP contribution is -2.22. The van der Waals surface area contributed by atoms with Gasteiger partial charge in [-0.25, -0.2) is 8.42 Å². The Morgan fingerprint density at radius 3 is 2.39 bits per heavy atom. The third-order valence-electron chi connectivity index (χ3n) is 3.26. The molecule has 2 rings (SSSR count). The van der Waals surface area contributed by atoms with Crippen molar-refractivity contribution in [3.63, 3.8) is 0 Å². The Bertz CT molecular complexity index is 848. The third kappa shape index (κ3) is 3.83. The van der Waals surface area contributed by atoms with E-state index in [1.807, 2.05) is 6.07 Å². The van der Waals surface area contributed by atoms with E-state index < -0.39 is 10.0 Å². The molecule has 7 heteroatoms. The van der Waals surface area contributed by atoms with Crippen LogP contribution in [-0.4, -0.2) is 33.3 Å². The first kappa shape index (κ1) is 17.3. The van der Waals surface area contributed by atoms with Gasteiger partial charge >= 0.3 is 0 Å². The molecule has 1 N–H and O–H groups in total. The Hall–Kier alpha value is -2.05. The molecule has 0 saturated carbocycles. The smallest absolute Gasteiger partial charge is 0.263 e. The van der Waals surface area contributed by atoms with Crippen molar-refractivity contribution in [1.82, 2.24) is 4.90 Å². The van der Waals surface area contributed by atoms with E-state index in [2.05, 4.69) is 4.72 Å². The third-order valence-corrected chi connectivity index (χ3v) is 5.11. The lowest BCUT2D eigenvalue weighted by molar-refractivity contribution is 0.0827. The van der Waals surface area contributed by atoms with Gasteiger partial charge in [0.05, 0.1) is 10.7 Å².